The average Bonchev–Trinajstić information content (AvgIpc) is 2.42. The number of halogens is 1. The van der Waals surface area contributed by atoms with Gasteiger partial charge in [0.1, 0.15) is 5.82 Å². The van der Waals surface area contributed by atoms with Gasteiger partial charge in [-0.25, -0.2) is 4.39 Å². The van der Waals surface area contributed by atoms with Crippen LogP contribution in [0.15, 0.2) is 42.6 Å². The quantitative estimate of drug-likeness (QED) is 0.875. The Morgan fingerprint density at radius 1 is 1.20 bits per heavy atom. The van der Waals surface area contributed by atoms with Gasteiger partial charge in [0.15, 0.2) is 0 Å². The van der Waals surface area contributed by atoms with Gasteiger partial charge in [0.2, 0.25) is 0 Å². The number of aromatic nitrogens is 1. The highest BCUT2D eigenvalue weighted by Gasteiger charge is 2.06. The van der Waals surface area contributed by atoms with Crippen molar-refractivity contribution in [2.24, 2.45) is 0 Å². The summed E-state index contributed by atoms with van der Waals surface area (Å²) >= 11 is 0. The molecule has 3 nitrogen and oxygen atoms in total. The van der Waals surface area contributed by atoms with E-state index >= 15 is 0 Å². The van der Waals surface area contributed by atoms with Crippen LogP contribution in [0.4, 0.5) is 10.1 Å². The number of nitrogens with one attached hydrogen (secondary N) is 1. The lowest BCUT2D eigenvalue weighted by atomic mass is 10.2. The normalized spacial score (nSPS) is 10.8. The molecule has 0 aliphatic rings. The molecule has 0 aliphatic carbocycles. The molecule has 0 unspecified atom stereocenters. The molecular weight excluding hydrogens is 253 g/mol. The molecule has 2 aromatic rings. The summed E-state index contributed by atoms with van der Waals surface area (Å²) in [5.74, 6) is -0.159. The Bertz CT molecular complexity index is 557. The van der Waals surface area contributed by atoms with Gasteiger partial charge in [-0.2, -0.15) is 0 Å². The maximum Gasteiger partial charge on any atom is 0.127 e. The van der Waals surface area contributed by atoms with Crippen molar-refractivity contribution < 1.29 is 4.39 Å². The summed E-state index contributed by atoms with van der Waals surface area (Å²) in [6.07, 6.45) is 1.80. The van der Waals surface area contributed by atoms with Gasteiger partial charge in [0.25, 0.3) is 0 Å². The smallest absolute Gasteiger partial charge is 0.127 e. The van der Waals surface area contributed by atoms with Crippen molar-refractivity contribution in [3.63, 3.8) is 0 Å². The number of hydrogen-bond acceptors (Lipinski definition) is 3. The highest BCUT2D eigenvalue weighted by atomic mass is 19.1. The van der Waals surface area contributed by atoms with Crippen LogP contribution >= 0.6 is 0 Å². The minimum Gasteiger partial charge on any atom is -0.385 e. The molecule has 0 spiro atoms. The first-order chi connectivity index (χ1) is 9.69. The number of pyridine rings is 1. The van der Waals surface area contributed by atoms with Crippen LogP contribution in [-0.4, -0.2) is 23.5 Å². The van der Waals surface area contributed by atoms with Crippen molar-refractivity contribution >= 4 is 5.69 Å². The van der Waals surface area contributed by atoms with Crippen LogP contribution in [0.3, 0.4) is 0 Å². The van der Waals surface area contributed by atoms with Gasteiger partial charge < -0.3 is 5.32 Å². The van der Waals surface area contributed by atoms with E-state index in [1.165, 1.54) is 6.07 Å². The highest BCUT2D eigenvalue weighted by Crippen LogP contribution is 2.13. The summed E-state index contributed by atoms with van der Waals surface area (Å²) in [5.41, 5.74) is 2.75. The third-order valence-corrected chi connectivity index (χ3v) is 3.03. The molecule has 2 rings (SSSR count). The summed E-state index contributed by atoms with van der Waals surface area (Å²) in [6.45, 7) is 4.20. The van der Waals surface area contributed by atoms with Gasteiger partial charge in [-0.1, -0.05) is 18.2 Å². The lowest BCUT2D eigenvalue weighted by Crippen LogP contribution is -2.18. The molecule has 0 saturated heterocycles. The summed E-state index contributed by atoms with van der Waals surface area (Å²) in [5, 5.41) is 3.26. The van der Waals surface area contributed by atoms with E-state index in [0.29, 0.717) is 18.7 Å². The zero-order valence-electron chi connectivity index (χ0n) is 11.9. The Kier molecular flexibility index (Phi) is 5.07. The second kappa shape index (κ2) is 7.01. The van der Waals surface area contributed by atoms with Gasteiger partial charge in [-0.3, -0.25) is 9.88 Å². The monoisotopic (exact) mass is 273 g/mol. The summed E-state index contributed by atoms with van der Waals surface area (Å²) < 4.78 is 13.6. The van der Waals surface area contributed by atoms with Crippen molar-refractivity contribution in [3.8, 4) is 0 Å². The topological polar surface area (TPSA) is 28.2 Å². The number of rotatable bonds is 6. The lowest BCUT2D eigenvalue weighted by Gasteiger charge is -2.17. The predicted octanol–water partition coefficient (Wildman–Crippen LogP) is 3.28. The molecule has 20 heavy (non-hydrogen) atoms. The van der Waals surface area contributed by atoms with Crippen molar-refractivity contribution in [1.82, 2.24) is 9.88 Å². The van der Waals surface area contributed by atoms with E-state index in [2.05, 4.69) is 22.1 Å². The van der Waals surface area contributed by atoms with Crippen LogP contribution in [0.2, 0.25) is 0 Å². The summed E-state index contributed by atoms with van der Waals surface area (Å²) in [7, 11) is 1.97. The molecule has 0 amide bonds. The van der Waals surface area contributed by atoms with E-state index in [-0.39, 0.29) is 5.82 Å². The summed E-state index contributed by atoms with van der Waals surface area (Å²) in [4.78, 5) is 6.40. The molecule has 106 valence electrons. The third kappa shape index (κ3) is 4.03. The largest absolute Gasteiger partial charge is 0.385 e. The molecule has 0 atom stereocenters. The molecule has 1 aromatic heterocycles. The minimum absolute atomic E-state index is 0.159. The number of anilines is 1. The zero-order valence-corrected chi connectivity index (χ0v) is 11.9. The van der Waals surface area contributed by atoms with Crippen LogP contribution in [-0.2, 0) is 13.1 Å². The number of nitrogens with zero attached hydrogens (tertiary/aromatic N) is 2. The second-order valence-electron chi connectivity index (χ2n) is 4.83. The van der Waals surface area contributed by atoms with E-state index in [4.69, 9.17) is 0 Å². The SMILES string of the molecule is CCNc1ccnc(CN(C)Cc2ccccc2F)c1. The van der Waals surface area contributed by atoms with Crippen molar-refractivity contribution in [2.45, 2.75) is 20.0 Å². The first kappa shape index (κ1) is 14.5. The average molecular weight is 273 g/mol. The Morgan fingerprint density at radius 3 is 2.75 bits per heavy atom. The van der Waals surface area contributed by atoms with Crippen LogP contribution < -0.4 is 5.32 Å². The van der Waals surface area contributed by atoms with E-state index in [9.17, 15) is 4.39 Å². The van der Waals surface area contributed by atoms with Crippen LogP contribution in [0.5, 0.6) is 0 Å². The highest BCUT2D eigenvalue weighted by molar-refractivity contribution is 5.42. The first-order valence-electron chi connectivity index (χ1n) is 6.79. The lowest BCUT2D eigenvalue weighted by molar-refractivity contribution is 0.310. The molecule has 0 bridgehead atoms. The van der Waals surface area contributed by atoms with Crippen molar-refractivity contribution in [2.75, 3.05) is 18.9 Å². The molecule has 0 aliphatic heterocycles. The van der Waals surface area contributed by atoms with Gasteiger partial charge in [0, 0.05) is 37.1 Å². The van der Waals surface area contributed by atoms with Crippen LogP contribution in [0.1, 0.15) is 18.2 Å². The van der Waals surface area contributed by atoms with Gasteiger partial charge in [0.05, 0.1) is 5.69 Å². The van der Waals surface area contributed by atoms with Crippen LogP contribution in [0.25, 0.3) is 0 Å². The van der Waals surface area contributed by atoms with Gasteiger partial charge in [-0.15, -0.1) is 0 Å². The van der Waals surface area contributed by atoms with Crippen molar-refractivity contribution in [3.05, 3.63) is 59.7 Å². The van der Waals surface area contributed by atoms with E-state index in [1.54, 1.807) is 12.3 Å². The van der Waals surface area contributed by atoms with Crippen LogP contribution in [0, 0.1) is 5.82 Å². The summed E-state index contributed by atoms with van der Waals surface area (Å²) in [6, 6.07) is 10.9. The fourth-order valence-corrected chi connectivity index (χ4v) is 2.13. The first-order valence-corrected chi connectivity index (χ1v) is 6.79. The van der Waals surface area contributed by atoms with E-state index in [1.807, 2.05) is 31.3 Å². The molecule has 1 heterocycles. The molecule has 1 aromatic carbocycles. The molecule has 0 radical (unpaired) electrons. The fraction of sp³-hybridized carbons (Fsp3) is 0.312. The standard InChI is InChI=1S/C16H20FN3/c1-3-18-14-8-9-19-15(10-14)12-20(2)11-13-6-4-5-7-16(13)17/h4-10H,3,11-12H2,1-2H3,(H,18,19). The number of benzene rings is 1. The van der Waals surface area contributed by atoms with E-state index in [0.717, 1.165) is 17.9 Å². The Hall–Kier alpha value is -1.94. The van der Waals surface area contributed by atoms with E-state index < -0.39 is 0 Å². The van der Waals surface area contributed by atoms with Crippen molar-refractivity contribution in [1.29, 1.82) is 0 Å². The van der Waals surface area contributed by atoms with Gasteiger partial charge >= 0.3 is 0 Å². The third-order valence-electron chi connectivity index (χ3n) is 3.03. The van der Waals surface area contributed by atoms with Gasteiger partial charge in [-0.05, 0) is 32.2 Å². The number of hydrogen-bond donors (Lipinski definition) is 1. The molecule has 0 saturated carbocycles. The Morgan fingerprint density at radius 2 is 2.00 bits per heavy atom. The predicted molar refractivity (Wildman–Crippen MR) is 80.0 cm³/mol. The molecule has 1 N–H and O–H groups in total. The molecule has 0 fully saturated rings. The molecular formula is C16H20FN3. The maximum atomic E-state index is 13.6. The second-order valence-corrected chi connectivity index (χ2v) is 4.83. The fourth-order valence-electron chi connectivity index (χ4n) is 2.13. The zero-order chi connectivity index (χ0) is 14.4. The maximum absolute atomic E-state index is 13.6. The molecule has 4 heteroatoms. The Balaban J connectivity index is 1.99. The minimum atomic E-state index is -0.159. The Labute approximate surface area is 119 Å².